The average Bonchev–Trinajstić information content (AvgIpc) is 2.03. The van der Waals surface area contributed by atoms with Gasteiger partial charge in [0.15, 0.2) is 0 Å². The second-order valence-electron chi connectivity index (χ2n) is 3.23. The van der Waals surface area contributed by atoms with E-state index in [2.05, 4.69) is 20.1 Å². The van der Waals surface area contributed by atoms with Crippen LogP contribution in [0.25, 0.3) is 0 Å². The smallest absolute Gasteiger partial charge is 0.333 e. The summed E-state index contributed by atoms with van der Waals surface area (Å²) in [7, 11) is 0. The molecule has 74 valence electrons. The van der Waals surface area contributed by atoms with Gasteiger partial charge in [-0.25, -0.2) is 4.79 Å². The highest BCUT2D eigenvalue weighted by Gasteiger charge is 2.07. The third-order valence-electron chi connectivity index (χ3n) is 1.53. The lowest BCUT2D eigenvalue weighted by Gasteiger charge is -2.05. The summed E-state index contributed by atoms with van der Waals surface area (Å²) in [6, 6.07) is 0. The van der Waals surface area contributed by atoms with Crippen LogP contribution in [0.15, 0.2) is 24.3 Å². The number of unbranched alkanes of at least 4 members (excludes halogenated alkanes) is 1. The summed E-state index contributed by atoms with van der Waals surface area (Å²) in [6.07, 6.45) is 2.47. The summed E-state index contributed by atoms with van der Waals surface area (Å²) in [5.74, 6) is -0.295. The molecule has 0 unspecified atom stereocenters. The molecule has 2 heteroatoms. The number of hydrogen-bond acceptors (Lipinski definition) is 2. The van der Waals surface area contributed by atoms with Crippen LogP contribution in [0.2, 0.25) is 0 Å². The number of carbonyl (C=O) groups is 1. The zero-order valence-electron chi connectivity index (χ0n) is 8.56. The van der Waals surface area contributed by atoms with Gasteiger partial charge in [-0.2, -0.15) is 0 Å². The predicted molar refractivity (Wildman–Crippen MR) is 54.4 cm³/mol. The van der Waals surface area contributed by atoms with Crippen LogP contribution in [-0.2, 0) is 9.53 Å². The van der Waals surface area contributed by atoms with Crippen LogP contribution in [-0.4, -0.2) is 12.6 Å². The maximum Gasteiger partial charge on any atom is 0.333 e. The molecule has 0 radical (unpaired) electrons. The molecule has 0 aromatic rings. The van der Waals surface area contributed by atoms with E-state index >= 15 is 0 Å². The van der Waals surface area contributed by atoms with Crippen LogP contribution >= 0.6 is 0 Å². The molecule has 0 aliphatic rings. The zero-order chi connectivity index (χ0) is 10.3. The van der Waals surface area contributed by atoms with Crippen molar-refractivity contribution in [2.45, 2.75) is 33.1 Å². The summed E-state index contributed by atoms with van der Waals surface area (Å²) in [4.78, 5) is 11.2. The van der Waals surface area contributed by atoms with Gasteiger partial charge in [0.2, 0.25) is 0 Å². The monoisotopic (exact) mass is 182 g/mol. The summed E-state index contributed by atoms with van der Waals surface area (Å²) < 4.78 is 4.97. The van der Waals surface area contributed by atoms with Crippen LogP contribution in [0, 0.1) is 0 Å². The molecule has 0 bridgehead atoms. The number of carbonyl (C=O) groups excluding carboxylic acids is 1. The average molecular weight is 182 g/mol. The highest BCUT2D eigenvalue weighted by Crippen LogP contribution is 2.08. The highest BCUT2D eigenvalue weighted by atomic mass is 16.5. The van der Waals surface area contributed by atoms with Gasteiger partial charge in [0.05, 0.1) is 6.61 Å². The lowest BCUT2D eigenvalue weighted by atomic mass is 10.1. The summed E-state index contributed by atoms with van der Waals surface area (Å²) in [5, 5.41) is 0. The van der Waals surface area contributed by atoms with Crippen LogP contribution in [0.3, 0.4) is 0 Å². The molecule has 0 amide bonds. The normalized spacial score (nSPS) is 9.38. The van der Waals surface area contributed by atoms with Gasteiger partial charge < -0.3 is 4.74 Å². The maximum atomic E-state index is 11.2. The maximum absolute atomic E-state index is 11.2. The van der Waals surface area contributed by atoms with Crippen molar-refractivity contribution < 1.29 is 9.53 Å². The molecule has 2 nitrogen and oxygen atoms in total. The molecule has 0 atom stereocenters. The first-order valence-electron chi connectivity index (χ1n) is 4.57. The number of hydrogen-bond donors (Lipinski definition) is 0. The largest absolute Gasteiger partial charge is 0.462 e. The van der Waals surface area contributed by atoms with Crippen molar-refractivity contribution in [2.24, 2.45) is 0 Å². The Morgan fingerprint density at radius 3 is 2.46 bits per heavy atom. The number of esters is 1. The Bertz CT molecular complexity index is 204. The molecule has 0 rings (SSSR count). The van der Waals surface area contributed by atoms with Crippen molar-refractivity contribution in [1.29, 1.82) is 0 Å². The van der Waals surface area contributed by atoms with Crippen molar-refractivity contribution in [2.75, 3.05) is 6.61 Å². The van der Waals surface area contributed by atoms with E-state index in [1.54, 1.807) is 0 Å². The van der Waals surface area contributed by atoms with Gasteiger partial charge in [0, 0.05) is 5.57 Å². The Hall–Kier alpha value is -1.05. The fourth-order valence-corrected chi connectivity index (χ4v) is 0.848. The molecule has 0 aromatic heterocycles. The van der Waals surface area contributed by atoms with Crippen LogP contribution in [0.1, 0.15) is 33.1 Å². The van der Waals surface area contributed by atoms with E-state index in [1.165, 1.54) is 0 Å². The summed E-state index contributed by atoms with van der Waals surface area (Å²) in [5.41, 5.74) is 1.42. The van der Waals surface area contributed by atoms with E-state index in [0.717, 1.165) is 18.4 Å². The van der Waals surface area contributed by atoms with Crippen molar-refractivity contribution in [3.8, 4) is 0 Å². The molecule has 0 heterocycles. The Morgan fingerprint density at radius 1 is 1.38 bits per heavy atom. The topological polar surface area (TPSA) is 26.3 Å². The molecule has 0 N–H and O–H groups in total. The molecule has 0 spiro atoms. The fourth-order valence-electron chi connectivity index (χ4n) is 0.848. The third-order valence-corrected chi connectivity index (χ3v) is 1.53. The Morgan fingerprint density at radius 2 is 2.00 bits per heavy atom. The lowest BCUT2D eigenvalue weighted by molar-refractivity contribution is -0.139. The molecule has 0 fully saturated rings. The van der Waals surface area contributed by atoms with Crippen molar-refractivity contribution >= 4 is 5.97 Å². The van der Waals surface area contributed by atoms with Gasteiger partial charge in [0.25, 0.3) is 0 Å². The lowest BCUT2D eigenvalue weighted by Crippen LogP contribution is -2.08. The van der Waals surface area contributed by atoms with E-state index < -0.39 is 0 Å². The Labute approximate surface area is 80.3 Å². The fraction of sp³-hybridized carbons (Fsp3) is 0.545. The molecule has 0 aliphatic carbocycles. The molecule has 0 saturated carbocycles. The Kier molecular flexibility index (Phi) is 5.94. The minimum absolute atomic E-state index is 0.295. The van der Waals surface area contributed by atoms with Crippen molar-refractivity contribution in [3.05, 3.63) is 24.3 Å². The van der Waals surface area contributed by atoms with E-state index in [1.807, 2.05) is 6.92 Å². The third kappa shape index (κ3) is 6.14. The molecular formula is C11H18O2. The van der Waals surface area contributed by atoms with Crippen molar-refractivity contribution in [1.82, 2.24) is 0 Å². The minimum Gasteiger partial charge on any atom is -0.462 e. The second kappa shape index (κ2) is 6.46. The quantitative estimate of drug-likeness (QED) is 0.273. The standard InChI is InChI=1S/C11H18O2/c1-5-6-7-13-11(12)10(4)8-9(2)3/h2,4-8H2,1,3H3. The van der Waals surface area contributed by atoms with Crippen LogP contribution < -0.4 is 0 Å². The molecular weight excluding hydrogens is 164 g/mol. The Balaban J connectivity index is 3.70. The highest BCUT2D eigenvalue weighted by molar-refractivity contribution is 5.88. The van der Waals surface area contributed by atoms with Gasteiger partial charge in [-0.1, -0.05) is 32.1 Å². The van der Waals surface area contributed by atoms with E-state index in [9.17, 15) is 4.79 Å². The van der Waals surface area contributed by atoms with Crippen LogP contribution in [0.4, 0.5) is 0 Å². The van der Waals surface area contributed by atoms with Gasteiger partial charge in [-0.15, -0.1) is 0 Å². The first kappa shape index (κ1) is 11.9. The van der Waals surface area contributed by atoms with Gasteiger partial charge in [-0.3, -0.25) is 0 Å². The molecule has 0 aromatic carbocycles. The van der Waals surface area contributed by atoms with Gasteiger partial charge >= 0.3 is 5.97 Å². The number of ether oxygens (including phenoxy) is 1. The first-order chi connectivity index (χ1) is 6.07. The first-order valence-corrected chi connectivity index (χ1v) is 4.57. The number of rotatable bonds is 6. The summed E-state index contributed by atoms with van der Waals surface area (Å²) in [6.45, 7) is 11.8. The molecule has 0 saturated heterocycles. The zero-order valence-corrected chi connectivity index (χ0v) is 8.56. The van der Waals surface area contributed by atoms with Crippen molar-refractivity contribution in [3.63, 3.8) is 0 Å². The minimum atomic E-state index is -0.295. The second-order valence-corrected chi connectivity index (χ2v) is 3.23. The molecule has 0 aliphatic heterocycles. The van der Waals surface area contributed by atoms with E-state index in [4.69, 9.17) is 4.74 Å². The van der Waals surface area contributed by atoms with Gasteiger partial charge in [-0.05, 0) is 19.8 Å². The van der Waals surface area contributed by atoms with E-state index in [-0.39, 0.29) is 5.97 Å². The van der Waals surface area contributed by atoms with E-state index in [0.29, 0.717) is 18.6 Å². The summed E-state index contributed by atoms with van der Waals surface area (Å²) >= 11 is 0. The molecule has 13 heavy (non-hydrogen) atoms. The van der Waals surface area contributed by atoms with Crippen LogP contribution in [0.5, 0.6) is 0 Å². The van der Waals surface area contributed by atoms with Gasteiger partial charge in [0.1, 0.15) is 0 Å². The number of allylic oxidation sites excluding steroid dienone is 1. The predicted octanol–water partition coefficient (Wildman–Crippen LogP) is 2.85. The SMILES string of the molecule is C=C(C)CC(=C)C(=O)OCCCC.